The van der Waals surface area contributed by atoms with Gasteiger partial charge in [0.05, 0.1) is 18.4 Å². The van der Waals surface area contributed by atoms with Crippen LogP contribution in [0.2, 0.25) is 0 Å². The zero-order valence-electron chi connectivity index (χ0n) is 12.3. The number of benzene rings is 1. The molecule has 0 aliphatic carbocycles. The Morgan fingerprint density at radius 2 is 2.04 bits per heavy atom. The highest BCUT2D eigenvalue weighted by molar-refractivity contribution is 5.90. The van der Waals surface area contributed by atoms with Gasteiger partial charge in [-0.3, -0.25) is 0 Å². The van der Waals surface area contributed by atoms with Crippen LogP contribution < -0.4 is 0 Å². The first kappa shape index (κ1) is 14.7. The van der Waals surface area contributed by atoms with Crippen LogP contribution in [0.1, 0.15) is 17.3 Å². The smallest absolute Gasteiger partial charge is 0.355 e. The molecule has 7 nitrogen and oxygen atoms in total. The summed E-state index contributed by atoms with van der Waals surface area (Å²) in [5, 5.41) is 11.4. The van der Waals surface area contributed by atoms with Gasteiger partial charge in [-0.05, 0) is 17.9 Å². The molecule has 1 aromatic carbocycles. The van der Waals surface area contributed by atoms with Crippen LogP contribution >= 0.6 is 0 Å². The van der Waals surface area contributed by atoms with E-state index in [4.69, 9.17) is 4.74 Å². The van der Waals surface area contributed by atoms with Crippen molar-refractivity contribution < 1.29 is 14.5 Å². The molecule has 0 atom stereocenters. The van der Waals surface area contributed by atoms with E-state index in [-0.39, 0.29) is 18.1 Å². The average molecular weight is 311 g/mol. The Balaban J connectivity index is 2.19. The van der Waals surface area contributed by atoms with E-state index >= 15 is 0 Å². The van der Waals surface area contributed by atoms with E-state index in [1.165, 1.54) is 22.7 Å². The second-order valence-electron chi connectivity index (χ2n) is 4.77. The molecule has 2 heterocycles. The Labute approximate surface area is 131 Å². The van der Waals surface area contributed by atoms with E-state index in [2.05, 4.69) is 4.98 Å². The highest BCUT2D eigenvalue weighted by Crippen LogP contribution is 2.30. The molecular formula is C16H13N3O4. The minimum absolute atomic E-state index is 0.137. The number of carbonyl (C=O) groups excluding carboxylic acids is 1. The van der Waals surface area contributed by atoms with Crippen LogP contribution in [-0.4, -0.2) is 26.9 Å². The first-order valence-corrected chi connectivity index (χ1v) is 7.01. The summed E-state index contributed by atoms with van der Waals surface area (Å²) in [5.41, 5.74) is 1.53. The Bertz CT molecular complexity index is 887. The summed E-state index contributed by atoms with van der Waals surface area (Å²) in [6.07, 6.45) is 1.46. The Kier molecular flexibility index (Phi) is 3.76. The largest absolute Gasteiger partial charge is 0.462 e. The summed E-state index contributed by atoms with van der Waals surface area (Å²) in [4.78, 5) is 27.1. The zero-order chi connectivity index (χ0) is 16.4. The minimum atomic E-state index is -0.484. The van der Waals surface area contributed by atoms with Crippen LogP contribution in [0.4, 0.5) is 5.82 Å². The fourth-order valence-electron chi connectivity index (χ4n) is 2.34. The molecule has 23 heavy (non-hydrogen) atoms. The number of esters is 1. The van der Waals surface area contributed by atoms with Crippen molar-refractivity contribution in [1.29, 1.82) is 0 Å². The number of hydrogen-bond donors (Lipinski definition) is 0. The summed E-state index contributed by atoms with van der Waals surface area (Å²) in [6.45, 7) is 1.97. The van der Waals surface area contributed by atoms with Crippen molar-refractivity contribution in [2.45, 2.75) is 6.92 Å². The molecule has 0 aliphatic rings. The highest BCUT2D eigenvalue weighted by atomic mass is 16.6. The lowest BCUT2D eigenvalue weighted by molar-refractivity contribution is -0.389. The molecule has 0 spiro atoms. The van der Waals surface area contributed by atoms with Gasteiger partial charge < -0.3 is 14.9 Å². The molecule has 0 fully saturated rings. The van der Waals surface area contributed by atoms with Gasteiger partial charge in [-0.15, -0.1) is 0 Å². The molecule has 0 radical (unpaired) electrons. The summed E-state index contributed by atoms with van der Waals surface area (Å²) in [7, 11) is 0. The predicted molar refractivity (Wildman–Crippen MR) is 83.2 cm³/mol. The maximum Gasteiger partial charge on any atom is 0.355 e. The number of nitrogens with zero attached hydrogens (tertiary/aromatic N) is 3. The molecule has 0 N–H and O–H groups in total. The number of carbonyl (C=O) groups is 1. The second-order valence-corrected chi connectivity index (χ2v) is 4.77. The summed E-state index contributed by atoms with van der Waals surface area (Å²) in [6, 6.07) is 11.9. The van der Waals surface area contributed by atoms with Crippen molar-refractivity contribution >= 4 is 17.4 Å². The van der Waals surface area contributed by atoms with Crippen LogP contribution in [0.15, 0.2) is 48.7 Å². The lowest BCUT2D eigenvalue weighted by Gasteiger charge is -2.00. The van der Waals surface area contributed by atoms with Crippen LogP contribution in [0.3, 0.4) is 0 Å². The third-order valence-electron chi connectivity index (χ3n) is 3.33. The third-order valence-corrected chi connectivity index (χ3v) is 3.33. The first-order valence-electron chi connectivity index (χ1n) is 7.01. The number of rotatable bonds is 4. The van der Waals surface area contributed by atoms with Crippen molar-refractivity contribution in [2.24, 2.45) is 0 Å². The number of imidazole rings is 1. The number of aromatic nitrogens is 2. The summed E-state index contributed by atoms with van der Waals surface area (Å²) in [5.74, 6) is -0.622. The van der Waals surface area contributed by atoms with E-state index in [9.17, 15) is 14.9 Å². The average Bonchev–Trinajstić information content (AvgIpc) is 2.94. The summed E-state index contributed by atoms with van der Waals surface area (Å²) < 4.78 is 6.29. The van der Waals surface area contributed by atoms with Crippen molar-refractivity contribution in [3.63, 3.8) is 0 Å². The van der Waals surface area contributed by atoms with Gasteiger partial charge in [-0.2, -0.15) is 9.38 Å². The SMILES string of the molecule is CCOC(=O)c1ccn2c([N+](=O)[O-])c(-c3ccccc3)nc2c1. The van der Waals surface area contributed by atoms with Crippen molar-refractivity contribution in [1.82, 2.24) is 9.38 Å². The van der Waals surface area contributed by atoms with Gasteiger partial charge in [-0.25, -0.2) is 4.79 Å². The topological polar surface area (TPSA) is 86.7 Å². The Morgan fingerprint density at radius 1 is 1.30 bits per heavy atom. The van der Waals surface area contributed by atoms with E-state index in [0.717, 1.165) is 0 Å². The first-order chi connectivity index (χ1) is 11.1. The van der Waals surface area contributed by atoms with Gasteiger partial charge in [0.1, 0.15) is 0 Å². The minimum Gasteiger partial charge on any atom is -0.462 e. The van der Waals surface area contributed by atoms with Crippen molar-refractivity contribution in [3.05, 3.63) is 64.3 Å². The second kappa shape index (κ2) is 5.88. The van der Waals surface area contributed by atoms with E-state index in [0.29, 0.717) is 16.8 Å². The molecule has 0 saturated heterocycles. The Morgan fingerprint density at radius 3 is 2.70 bits per heavy atom. The number of ether oxygens (including phenoxy) is 1. The van der Waals surface area contributed by atoms with Crippen LogP contribution in [0.25, 0.3) is 16.9 Å². The number of pyridine rings is 1. The monoisotopic (exact) mass is 311 g/mol. The van der Waals surface area contributed by atoms with Crippen molar-refractivity contribution in [3.8, 4) is 11.3 Å². The van der Waals surface area contributed by atoms with Gasteiger partial charge in [0.2, 0.25) is 5.65 Å². The molecular weight excluding hydrogens is 298 g/mol. The maximum absolute atomic E-state index is 11.8. The van der Waals surface area contributed by atoms with Crippen LogP contribution in [-0.2, 0) is 4.74 Å². The molecule has 0 saturated carbocycles. The molecule has 3 aromatic rings. The maximum atomic E-state index is 11.8. The quantitative estimate of drug-likeness (QED) is 0.420. The van der Waals surface area contributed by atoms with Gasteiger partial charge in [0.25, 0.3) is 0 Å². The normalized spacial score (nSPS) is 10.7. The molecule has 7 heteroatoms. The van der Waals surface area contributed by atoms with E-state index < -0.39 is 10.9 Å². The molecule has 116 valence electrons. The summed E-state index contributed by atoms with van der Waals surface area (Å²) >= 11 is 0. The number of hydrogen-bond acceptors (Lipinski definition) is 5. The molecule has 0 aliphatic heterocycles. The zero-order valence-corrected chi connectivity index (χ0v) is 12.3. The lowest BCUT2D eigenvalue weighted by atomic mass is 10.1. The fourth-order valence-corrected chi connectivity index (χ4v) is 2.34. The van der Waals surface area contributed by atoms with Gasteiger partial charge in [-0.1, -0.05) is 30.3 Å². The predicted octanol–water partition coefficient (Wildman–Crippen LogP) is 3.09. The van der Waals surface area contributed by atoms with E-state index in [1.807, 2.05) is 6.07 Å². The Hall–Kier alpha value is -3.22. The van der Waals surface area contributed by atoms with Crippen LogP contribution in [0, 0.1) is 10.1 Å². The fraction of sp³-hybridized carbons (Fsp3) is 0.125. The molecule has 0 unspecified atom stereocenters. The number of nitro groups is 1. The van der Waals surface area contributed by atoms with Gasteiger partial charge in [0.15, 0.2) is 5.69 Å². The molecule has 0 amide bonds. The number of fused-ring (bicyclic) bond motifs is 1. The van der Waals surface area contributed by atoms with Gasteiger partial charge in [0, 0.05) is 11.6 Å². The third kappa shape index (κ3) is 2.64. The van der Waals surface area contributed by atoms with Crippen molar-refractivity contribution in [2.75, 3.05) is 6.61 Å². The molecule has 0 bridgehead atoms. The molecule has 3 rings (SSSR count). The van der Waals surface area contributed by atoms with Gasteiger partial charge >= 0.3 is 11.8 Å². The molecule has 2 aromatic heterocycles. The highest BCUT2D eigenvalue weighted by Gasteiger charge is 2.24. The standard InChI is InChI=1S/C16H13N3O4/c1-2-23-16(20)12-8-9-18-13(10-12)17-14(15(18)19(21)22)11-6-4-3-5-7-11/h3-10H,2H2,1H3. The van der Waals surface area contributed by atoms with Crippen LogP contribution in [0.5, 0.6) is 0 Å². The lowest BCUT2D eigenvalue weighted by Crippen LogP contribution is -2.05. The van der Waals surface area contributed by atoms with E-state index in [1.54, 1.807) is 31.2 Å².